The third-order valence-corrected chi connectivity index (χ3v) is 4.39. The van der Waals surface area contributed by atoms with Crippen LogP contribution in [-0.4, -0.2) is 44.1 Å². The number of nitrogens with one attached hydrogen (secondary N) is 1. The molecule has 0 saturated carbocycles. The first-order valence-corrected chi connectivity index (χ1v) is 8.45. The molecule has 1 atom stereocenters. The summed E-state index contributed by atoms with van der Waals surface area (Å²) in [6, 6.07) is 1.96. The van der Waals surface area contributed by atoms with Crippen LogP contribution in [0.2, 0.25) is 0 Å². The molecule has 6 heteroatoms. The van der Waals surface area contributed by atoms with Gasteiger partial charge in [-0.25, -0.2) is 0 Å². The summed E-state index contributed by atoms with van der Waals surface area (Å²) in [6.45, 7) is 9.55. The molecular formula is C18H25N5O. The number of hydrogen-bond donors (Lipinski definition) is 1. The largest absolute Gasteiger partial charge is 0.342 e. The average molecular weight is 327 g/mol. The van der Waals surface area contributed by atoms with Crippen molar-refractivity contribution >= 4 is 5.91 Å². The van der Waals surface area contributed by atoms with Crippen molar-refractivity contribution in [3.63, 3.8) is 0 Å². The molecule has 2 aromatic heterocycles. The van der Waals surface area contributed by atoms with Crippen LogP contribution >= 0.6 is 0 Å². The zero-order valence-electron chi connectivity index (χ0n) is 14.8. The Balaban J connectivity index is 1.60. The van der Waals surface area contributed by atoms with Gasteiger partial charge >= 0.3 is 0 Å². The van der Waals surface area contributed by atoms with Crippen LogP contribution in [0.25, 0.3) is 11.4 Å². The standard InChI is InChI=1S/C18H25N5O/c1-12-7-15(22-21-12)16-10-19-14(9-20-16)8-13-5-6-23(11-13)17(24)18(2,3)4/h7,9-10,13H,5-6,8,11H2,1-4H3,(H,21,22). The maximum absolute atomic E-state index is 12.4. The predicted octanol–water partition coefficient (Wildman–Crippen LogP) is 2.61. The second-order valence-corrected chi connectivity index (χ2v) is 7.69. The molecule has 1 unspecified atom stereocenters. The summed E-state index contributed by atoms with van der Waals surface area (Å²) in [5, 5.41) is 7.11. The van der Waals surface area contributed by atoms with E-state index in [2.05, 4.69) is 20.2 Å². The number of aromatic amines is 1. The molecule has 0 aliphatic carbocycles. The quantitative estimate of drug-likeness (QED) is 0.940. The smallest absolute Gasteiger partial charge is 0.227 e. The molecule has 1 N–H and O–H groups in total. The molecule has 0 spiro atoms. The molecule has 0 radical (unpaired) electrons. The van der Waals surface area contributed by atoms with Crippen molar-refractivity contribution in [3.8, 4) is 11.4 Å². The molecule has 3 rings (SSSR count). The fourth-order valence-electron chi connectivity index (χ4n) is 3.10. The second-order valence-electron chi connectivity index (χ2n) is 7.69. The number of nitrogens with zero attached hydrogens (tertiary/aromatic N) is 4. The van der Waals surface area contributed by atoms with E-state index in [-0.39, 0.29) is 11.3 Å². The Morgan fingerprint density at radius 1 is 1.29 bits per heavy atom. The topological polar surface area (TPSA) is 74.8 Å². The van der Waals surface area contributed by atoms with Gasteiger partial charge in [0.1, 0.15) is 11.4 Å². The monoisotopic (exact) mass is 327 g/mol. The van der Waals surface area contributed by atoms with Crippen molar-refractivity contribution in [3.05, 3.63) is 29.8 Å². The first-order chi connectivity index (χ1) is 11.3. The van der Waals surface area contributed by atoms with Crippen LogP contribution in [0.1, 0.15) is 38.6 Å². The number of aromatic nitrogens is 4. The van der Waals surface area contributed by atoms with Crippen LogP contribution in [0.5, 0.6) is 0 Å². The third kappa shape index (κ3) is 3.63. The SMILES string of the molecule is Cc1cc(-c2cnc(CC3CCN(C(=O)C(C)(C)C)C3)cn2)n[nH]1. The number of hydrogen-bond acceptors (Lipinski definition) is 4. The summed E-state index contributed by atoms with van der Waals surface area (Å²) in [7, 11) is 0. The van der Waals surface area contributed by atoms with E-state index in [1.807, 2.05) is 44.9 Å². The number of carbonyl (C=O) groups excluding carboxylic acids is 1. The van der Waals surface area contributed by atoms with Crippen molar-refractivity contribution < 1.29 is 4.79 Å². The van der Waals surface area contributed by atoms with Crippen molar-refractivity contribution in [2.45, 2.75) is 40.5 Å². The molecule has 0 bridgehead atoms. The van der Waals surface area contributed by atoms with Gasteiger partial charge in [0.05, 0.1) is 11.9 Å². The summed E-state index contributed by atoms with van der Waals surface area (Å²) in [4.78, 5) is 23.3. The van der Waals surface area contributed by atoms with Gasteiger partial charge < -0.3 is 4.90 Å². The lowest BCUT2D eigenvalue weighted by atomic mass is 9.95. The van der Waals surface area contributed by atoms with Gasteiger partial charge in [0.25, 0.3) is 0 Å². The van der Waals surface area contributed by atoms with E-state index >= 15 is 0 Å². The first kappa shape index (κ1) is 16.6. The minimum absolute atomic E-state index is 0.236. The molecule has 6 nitrogen and oxygen atoms in total. The number of H-pyrrole nitrogens is 1. The van der Waals surface area contributed by atoms with Crippen LogP contribution < -0.4 is 0 Å². The zero-order valence-corrected chi connectivity index (χ0v) is 14.8. The molecule has 1 amide bonds. The maximum atomic E-state index is 12.4. The van der Waals surface area contributed by atoms with E-state index in [1.165, 1.54) is 0 Å². The number of likely N-dealkylation sites (tertiary alicyclic amines) is 1. The van der Waals surface area contributed by atoms with Crippen LogP contribution in [0.15, 0.2) is 18.5 Å². The Bertz CT molecular complexity index is 714. The molecule has 3 heterocycles. The summed E-state index contributed by atoms with van der Waals surface area (Å²) in [6.07, 6.45) is 5.50. The second kappa shape index (κ2) is 6.34. The van der Waals surface area contributed by atoms with E-state index < -0.39 is 0 Å². The van der Waals surface area contributed by atoms with E-state index in [4.69, 9.17) is 0 Å². The molecule has 24 heavy (non-hydrogen) atoms. The van der Waals surface area contributed by atoms with Crippen LogP contribution in [0.3, 0.4) is 0 Å². The van der Waals surface area contributed by atoms with Crippen molar-refractivity contribution in [1.29, 1.82) is 0 Å². The fraction of sp³-hybridized carbons (Fsp3) is 0.556. The lowest BCUT2D eigenvalue weighted by Gasteiger charge is -2.25. The number of amides is 1. The Morgan fingerprint density at radius 3 is 2.67 bits per heavy atom. The highest BCUT2D eigenvalue weighted by molar-refractivity contribution is 5.81. The third-order valence-electron chi connectivity index (χ3n) is 4.39. The van der Waals surface area contributed by atoms with Gasteiger partial charge in [-0.15, -0.1) is 0 Å². The van der Waals surface area contributed by atoms with Gasteiger partial charge in [-0.1, -0.05) is 20.8 Å². The normalized spacial score (nSPS) is 18.2. The number of carbonyl (C=O) groups is 1. The van der Waals surface area contributed by atoms with E-state index in [9.17, 15) is 4.79 Å². The number of rotatable bonds is 3. The Morgan fingerprint density at radius 2 is 2.08 bits per heavy atom. The maximum Gasteiger partial charge on any atom is 0.227 e. The highest BCUT2D eigenvalue weighted by atomic mass is 16.2. The fourth-order valence-corrected chi connectivity index (χ4v) is 3.10. The van der Waals surface area contributed by atoms with Crippen LogP contribution in [-0.2, 0) is 11.2 Å². The molecule has 0 aromatic carbocycles. The Kier molecular flexibility index (Phi) is 4.39. The molecule has 1 saturated heterocycles. The molecule has 1 fully saturated rings. The van der Waals surface area contributed by atoms with Crippen molar-refractivity contribution in [2.75, 3.05) is 13.1 Å². The lowest BCUT2D eigenvalue weighted by molar-refractivity contribution is -0.138. The van der Waals surface area contributed by atoms with Crippen molar-refractivity contribution in [2.24, 2.45) is 11.3 Å². The minimum Gasteiger partial charge on any atom is -0.342 e. The summed E-state index contributed by atoms with van der Waals surface area (Å²) >= 11 is 0. The van der Waals surface area contributed by atoms with E-state index in [1.54, 1.807) is 6.20 Å². The average Bonchev–Trinajstić information content (AvgIpc) is 3.15. The highest BCUT2D eigenvalue weighted by Crippen LogP contribution is 2.25. The molecular weight excluding hydrogens is 302 g/mol. The molecule has 1 aliphatic heterocycles. The first-order valence-electron chi connectivity index (χ1n) is 8.45. The zero-order chi connectivity index (χ0) is 17.3. The predicted molar refractivity (Wildman–Crippen MR) is 92.2 cm³/mol. The van der Waals surface area contributed by atoms with Gasteiger partial charge in [-0.3, -0.25) is 19.9 Å². The van der Waals surface area contributed by atoms with Gasteiger partial charge in [0.2, 0.25) is 5.91 Å². The van der Waals surface area contributed by atoms with Gasteiger partial charge in [0.15, 0.2) is 0 Å². The summed E-state index contributed by atoms with van der Waals surface area (Å²) < 4.78 is 0. The Hall–Kier alpha value is -2.24. The molecule has 2 aromatic rings. The van der Waals surface area contributed by atoms with Crippen LogP contribution in [0, 0.1) is 18.3 Å². The summed E-state index contributed by atoms with van der Waals surface area (Å²) in [5.74, 6) is 0.699. The molecule has 128 valence electrons. The van der Waals surface area contributed by atoms with Gasteiger partial charge in [-0.2, -0.15) is 5.10 Å². The number of aryl methyl sites for hydroxylation is 1. The summed E-state index contributed by atoms with van der Waals surface area (Å²) in [5.41, 5.74) is 3.26. The lowest BCUT2D eigenvalue weighted by Crippen LogP contribution is -2.38. The van der Waals surface area contributed by atoms with Gasteiger partial charge in [-0.05, 0) is 31.7 Å². The van der Waals surface area contributed by atoms with E-state index in [0.717, 1.165) is 48.7 Å². The molecule has 1 aliphatic rings. The minimum atomic E-state index is -0.308. The van der Waals surface area contributed by atoms with Gasteiger partial charge in [0, 0.05) is 30.4 Å². The van der Waals surface area contributed by atoms with Crippen LogP contribution in [0.4, 0.5) is 0 Å². The van der Waals surface area contributed by atoms with E-state index in [0.29, 0.717) is 5.92 Å². The highest BCUT2D eigenvalue weighted by Gasteiger charge is 2.32. The Labute approximate surface area is 142 Å². The van der Waals surface area contributed by atoms with Crippen molar-refractivity contribution in [1.82, 2.24) is 25.1 Å².